The van der Waals surface area contributed by atoms with Gasteiger partial charge in [0, 0.05) is 30.3 Å². The van der Waals surface area contributed by atoms with Gasteiger partial charge in [-0.1, -0.05) is 0 Å². The van der Waals surface area contributed by atoms with Gasteiger partial charge in [0.05, 0.1) is 30.6 Å². The first-order chi connectivity index (χ1) is 9.63. The Hall–Kier alpha value is -2.41. The number of aromatic nitrogens is 2. The Bertz CT molecular complexity index is 609. The molecule has 0 spiro atoms. The number of benzene rings is 1. The monoisotopic (exact) mass is 276 g/mol. The molecule has 0 fully saturated rings. The van der Waals surface area contributed by atoms with Crippen LogP contribution in [-0.4, -0.2) is 28.1 Å². The van der Waals surface area contributed by atoms with Crippen LogP contribution in [0.15, 0.2) is 30.7 Å². The Morgan fingerprint density at radius 3 is 2.95 bits per heavy atom. The molecule has 1 heterocycles. The average molecular weight is 276 g/mol. The van der Waals surface area contributed by atoms with Crippen LogP contribution in [0.2, 0.25) is 0 Å². The third-order valence-electron chi connectivity index (χ3n) is 2.91. The van der Waals surface area contributed by atoms with Gasteiger partial charge in [0.25, 0.3) is 5.69 Å². The lowest BCUT2D eigenvalue weighted by Crippen LogP contribution is -2.03. The fourth-order valence-corrected chi connectivity index (χ4v) is 1.97. The summed E-state index contributed by atoms with van der Waals surface area (Å²) >= 11 is 0. The molecule has 106 valence electrons. The number of hydrogen-bond donors (Lipinski definition) is 1. The summed E-state index contributed by atoms with van der Waals surface area (Å²) in [5.41, 5.74) is 7.16. The van der Waals surface area contributed by atoms with Crippen LogP contribution in [0.1, 0.15) is 11.3 Å². The highest BCUT2D eigenvalue weighted by atomic mass is 16.6. The van der Waals surface area contributed by atoms with Gasteiger partial charge >= 0.3 is 0 Å². The van der Waals surface area contributed by atoms with Crippen molar-refractivity contribution < 1.29 is 9.66 Å². The Morgan fingerprint density at radius 1 is 1.50 bits per heavy atom. The van der Waals surface area contributed by atoms with E-state index in [2.05, 4.69) is 4.98 Å². The van der Waals surface area contributed by atoms with Crippen molar-refractivity contribution in [3.05, 3.63) is 52.1 Å². The molecule has 0 aliphatic rings. The van der Waals surface area contributed by atoms with Gasteiger partial charge in [0.1, 0.15) is 5.75 Å². The number of non-ortho nitro benzene ring substituents is 1. The minimum Gasteiger partial charge on any atom is -0.496 e. The van der Waals surface area contributed by atoms with Crippen molar-refractivity contribution in [2.75, 3.05) is 13.7 Å². The third kappa shape index (κ3) is 3.12. The van der Waals surface area contributed by atoms with Crippen LogP contribution in [-0.2, 0) is 13.0 Å². The molecule has 0 aliphatic carbocycles. The lowest BCUT2D eigenvalue weighted by Gasteiger charge is -2.08. The van der Waals surface area contributed by atoms with Crippen molar-refractivity contribution in [3.8, 4) is 5.75 Å². The zero-order valence-corrected chi connectivity index (χ0v) is 11.2. The Labute approximate surface area is 116 Å². The lowest BCUT2D eigenvalue weighted by molar-refractivity contribution is -0.384. The Morgan fingerprint density at radius 2 is 2.30 bits per heavy atom. The van der Waals surface area contributed by atoms with Gasteiger partial charge in [-0.25, -0.2) is 4.98 Å². The highest BCUT2D eigenvalue weighted by Gasteiger charge is 2.12. The predicted molar refractivity (Wildman–Crippen MR) is 73.7 cm³/mol. The third-order valence-corrected chi connectivity index (χ3v) is 2.91. The van der Waals surface area contributed by atoms with Crippen LogP contribution in [0.3, 0.4) is 0 Å². The van der Waals surface area contributed by atoms with Crippen LogP contribution in [0.25, 0.3) is 0 Å². The molecule has 0 aliphatic heterocycles. The highest BCUT2D eigenvalue weighted by Crippen LogP contribution is 2.24. The van der Waals surface area contributed by atoms with E-state index in [-0.39, 0.29) is 5.69 Å². The van der Waals surface area contributed by atoms with Gasteiger partial charge < -0.3 is 15.0 Å². The normalized spacial score (nSPS) is 10.5. The van der Waals surface area contributed by atoms with E-state index in [4.69, 9.17) is 10.5 Å². The van der Waals surface area contributed by atoms with Gasteiger partial charge in [-0.05, 0) is 12.6 Å². The van der Waals surface area contributed by atoms with Gasteiger partial charge in [-0.2, -0.15) is 0 Å². The van der Waals surface area contributed by atoms with E-state index in [9.17, 15) is 10.1 Å². The van der Waals surface area contributed by atoms with E-state index in [1.165, 1.54) is 12.1 Å². The molecule has 20 heavy (non-hydrogen) atoms. The van der Waals surface area contributed by atoms with Gasteiger partial charge in [0.2, 0.25) is 0 Å². The highest BCUT2D eigenvalue weighted by molar-refractivity contribution is 5.43. The molecule has 0 saturated heterocycles. The van der Waals surface area contributed by atoms with E-state index in [0.717, 1.165) is 11.3 Å². The van der Waals surface area contributed by atoms with Crippen LogP contribution >= 0.6 is 0 Å². The smallest absolute Gasteiger partial charge is 0.270 e. The van der Waals surface area contributed by atoms with Crippen molar-refractivity contribution in [2.24, 2.45) is 5.73 Å². The standard InChI is InChI=1S/C13H16N4O3/c1-20-13-3-2-12(17(18)19)6-10(13)7-16-8-11(4-5-14)15-9-16/h2-3,6,8-9H,4-5,7,14H2,1H3. The summed E-state index contributed by atoms with van der Waals surface area (Å²) in [6.45, 7) is 1.000. The SMILES string of the molecule is COc1ccc([N+](=O)[O-])cc1Cn1cnc(CCN)c1. The van der Waals surface area contributed by atoms with E-state index in [1.54, 1.807) is 19.5 Å². The molecule has 1 aromatic heterocycles. The van der Waals surface area contributed by atoms with Gasteiger partial charge in [0.15, 0.2) is 0 Å². The molecule has 7 nitrogen and oxygen atoms in total. The Kier molecular flexibility index (Phi) is 4.31. The van der Waals surface area contributed by atoms with E-state index >= 15 is 0 Å². The first-order valence-corrected chi connectivity index (χ1v) is 6.16. The quantitative estimate of drug-likeness (QED) is 0.634. The number of nitrogens with zero attached hydrogens (tertiary/aromatic N) is 3. The molecule has 0 bridgehead atoms. The largest absolute Gasteiger partial charge is 0.496 e. The molecule has 1 aromatic carbocycles. The number of nitro benzene ring substituents is 1. The topological polar surface area (TPSA) is 96.2 Å². The van der Waals surface area contributed by atoms with E-state index in [1.807, 2.05) is 10.8 Å². The fraction of sp³-hybridized carbons (Fsp3) is 0.308. The maximum atomic E-state index is 10.8. The van der Waals surface area contributed by atoms with Crippen molar-refractivity contribution >= 4 is 5.69 Å². The van der Waals surface area contributed by atoms with Crippen molar-refractivity contribution in [3.63, 3.8) is 0 Å². The summed E-state index contributed by atoms with van der Waals surface area (Å²) in [6.07, 6.45) is 4.27. The zero-order chi connectivity index (χ0) is 14.5. The maximum Gasteiger partial charge on any atom is 0.270 e. The summed E-state index contributed by atoms with van der Waals surface area (Å²) in [7, 11) is 1.54. The van der Waals surface area contributed by atoms with E-state index < -0.39 is 4.92 Å². The molecule has 2 rings (SSSR count). The molecule has 2 aromatic rings. The minimum atomic E-state index is -0.420. The van der Waals surface area contributed by atoms with Crippen molar-refractivity contribution in [2.45, 2.75) is 13.0 Å². The first kappa shape index (κ1) is 14.0. The molecule has 0 radical (unpaired) electrons. The summed E-state index contributed by atoms with van der Waals surface area (Å²) in [5.74, 6) is 0.615. The van der Waals surface area contributed by atoms with Crippen molar-refractivity contribution in [1.82, 2.24) is 9.55 Å². The van der Waals surface area contributed by atoms with Crippen LogP contribution in [0.4, 0.5) is 5.69 Å². The lowest BCUT2D eigenvalue weighted by atomic mass is 10.1. The molecule has 0 saturated carbocycles. The molecular formula is C13H16N4O3. The Balaban J connectivity index is 2.25. The number of nitro groups is 1. The second-order valence-corrected chi connectivity index (χ2v) is 4.33. The first-order valence-electron chi connectivity index (χ1n) is 6.16. The van der Waals surface area contributed by atoms with Crippen LogP contribution in [0.5, 0.6) is 5.75 Å². The summed E-state index contributed by atoms with van der Waals surface area (Å²) < 4.78 is 7.08. The predicted octanol–water partition coefficient (Wildman–Crippen LogP) is 1.35. The summed E-state index contributed by atoms with van der Waals surface area (Å²) in [6, 6.07) is 4.54. The summed E-state index contributed by atoms with van der Waals surface area (Å²) in [4.78, 5) is 14.6. The second kappa shape index (κ2) is 6.16. The average Bonchev–Trinajstić information content (AvgIpc) is 2.86. The number of imidazole rings is 1. The molecular weight excluding hydrogens is 260 g/mol. The van der Waals surface area contributed by atoms with Gasteiger partial charge in [-0.3, -0.25) is 10.1 Å². The number of methoxy groups -OCH3 is 1. The van der Waals surface area contributed by atoms with Gasteiger partial charge in [-0.15, -0.1) is 0 Å². The molecule has 7 heteroatoms. The number of hydrogen-bond acceptors (Lipinski definition) is 5. The fourth-order valence-electron chi connectivity index (χ4n) is 1.97. The van der Waals surface area contributed by atoms with Crippen LogP contribution in [0, 0.1) is 10.1 Å². The summed E-state index contributed by atoms with van der Waals surface area (Å²) in [5, 5.41) is 10.8. The molecule has 2 N–H and O–H groups in total. The zero-order valence-electron chi connectivity index (χ0n) is 11.2. The maximum absolute atomic E-state index is 10.8. The molecule has 0 atom stereocenters. The number of rotatable bonds is 6. The molecule has 0 amide bonds. The minimum absolute atomic E-state index is 0.0445. The van der Waals surface area contributed by atoms with E-state index in [0.29, 0.717) is 25.3 Å². The van der Waals surface area contributed by atoms with Crippen LogP contribution < -0.4 is 10.5 Å². The molecule has 0 unspecified atom stereocenters. The number of nitrogens with two attached hydrogens (primary N) is 1. The second-order valence-electron chi connectivity index (χ2n) is 4.33. The van der Waals surface area contributed by atoms with Crippen molar-refractivity contribution in [1.29, 1.82) is 0 Å². The number of ether oxygens (including phenoxy) is 1.